The lowest BCUT2D eigenvalue weighted by molar-refractivity contribution is -0.130. The summed E-state index contributed by atoms with van der Waals surface area (Å²) in [6.45, 7) is 2.39. The van der Waals surface area contributed by atoms with E-state index in [1.165, 1.54) is 12.8 Å². The third kappa shape index (κ3) is 3.96. The van der Waals surface area contributed by atoms with Crippen molar-refractivity contribution in [2.24, 2.45) is 5.92 Å². The fourth-order valence-corrected chi connectivity index (χ4v) is 4.95. The highest BCUT2D eigenvalue weighted by Gasteiger charge is 2.39. The number of ether oxygens (including phenoxy) is 1. The number of hydrogen-bond donors (Lipinski definition) is 1. The van der Waals surface area contributed by atoms with E-state index in [1.54, 1.807) is 7.11 Å². The molecule has 3 aliphatic rings. The number of nitrogens with zero attached hydrogens (tertiary/aromatic N) is 2. The van der Waals surface area contributed by atoms with Gasteiger partial charge in [-0.25, -0.2) is 0 Å². The Bertz CT molecular complexity index is 709. The van der Waals surface area contributed by atoms with E-state index in [1.807, 2.05) is 23.1 Å². The molecule has 2 heterocycles. The molecule has 28 heavy (non-hydrogen) atoms. The quantitative estimate of drug-likeness (QED) is 0.846. The third-order valence-electron chi connectivity index (χ3n) is 6.56. The first-order valence-corrected chi connectivity index (χ1v) is 10.6. The van der Waals surface area contributed by atoms with Gasteiger partial charge in [0.1, 0.15) is 5.75 Å². The number of nitrogens with one attached hydrogen (secondary N) is 1. The molecule has 1 aliphatic carbocycles. The van der Waals surface area contributed by atoms with Crippen LogP contribution in [0.4, 0.5) is 5.69 Å². The fourth-order valence-electron chi connectivity index (χ4n) is 4.95. The highest BCUT2D eigenvalue weighted by Crippen LogP contribution is 2.31. The average Bonchev–Trinajstić information content (AvgIpc) is 3.38. The first-order valence-electron chi connectivity index (χ1n) is 10.6. The van der Waals surface area contributed by atoms with Gasteiger partial charge in [0.25, 0.3) is 0 Å². The van der Waals surface area contributed by atoms with Crippen LogP contribution >= 0.6 is 0 Å². The number of hydrogen-bond acceptors (Lipinski definition) is 4. The van der Waals surface area contributed by atoms with E-state index in [0.29, 0.717) is 19.0 Å². The van der Waals surface area contributed by atoms with Gasteiger partial charge in [0.15, 0.2) is 0 Å². The molecule has 6 heteroatoms. The number of para-hydroxylation sites is 2. The molecule has 2 amide bonds. The summed E-state index contributed by atoms with van der Waals surface area (Å²) in [6.07, 6.45) is 6.81. The van der Waals surface area contributed by atoms with Crippen molar-refractivity contribution in [1.82, 2.24) is 10.2 Å². The van der Waals surface area contributed by atoms with Crippen LogP contribution in [-0.4, -0.2) is 55.5 Å². The Morgan fingerprint density at radius 3 is 2.54 bits per heavy atom. The van der Waals surface area contributed by atoms with Gasteiger partial charge in [0.2, 0.25) is 11.8 Å². The fraction of sp³-hybridized carbons (Fsp3) is 0.636. The predicted octanol–water partition coefficient (Wildman–Crippen LogP) is 2.57. The van der Waals surface area contributed by atoms with Gasteiger partial charge < -0.3 is 19.9 Å². The van der Waals surface area contributed by atoms with E-state index in [0.717, 1.165) is 50.2 Å². The molecular weight excluding hydrogens is 354 g/mol. The van der Waals surface area contributed by atoms with Crippen molar-refractivity contribution in [3.05, 3.63) is 24.3 Å². The van der Waals surface area contributed by atoms with Crippen molar-refractivity contribution in [2.45, 2.75) is 57.0 Å². The number of amides is 2. The number of benzene rings is 1. The molecule has 1 saturated carbocycles. The highest BCUT2D eigenvalue weighted by molar-refractivity contribution is 5.89. The Morgan fingerprint density at radius 2 is 1.82 bits per heavy atom. The second kappa shape index (κ2) is 8.41. The third-order valence-corrected chi connectivity index (χ3v) is 6.56. The first-order chi connectivity index (χ1) is 13.7. The summed E-state index contributed by atoms with van der Waals surface area (Å²) in [5.74, 6) is 0.935. The van der Waals surface area contributed by atoms with Crippen molar-refractivity contribution >= 4 is 17.5 Å². The summed E-state index contributed by atoms with van der Waals surface area (Å²) in [7, 11) is 1.70. The molecule has 0 spiro atoms. The molecule has 2 aliphatic heterocycles. The molecule has 4 rings (SSSR count). The predicted molar refractivity (Wildman–Crippen MR) is 108 cm³/mol. The number of likely N-dealkylation sites (tertiary alicyclic amines) is 1. The van der Waals surface area contributed by atoms with Gasteiger partial charge in [-0.1, -0.05) is 25.0 Å². The summed E-state index contributed by atoms with van der Waals surface area (Å²) in [5.41, 5.74) is 1.11. The molecule has 6 nitrogen and oxygen atoms in total. The number of rotatable bonds is 5. The molecule has 0 radical (unpaired) electrons. The van der Waals surface area contributed by atoms with Crippen LogP contribution in [0.2, 0.25) is 0 Å². The van der Waals surface area contributed by atoms with Crippen LogP contribution in [0.5, 0.6) is 5.75 Å². The minimum absolute atomic E-state index is 0.0598. The molecule has 152 valence electrons. The van der Waals surface area contributed by atoms with Crippen molar-refractivity contribution in [3.8, 4) is 5.75 Å². The van der Waals surface area contributed by atoms with Crippen molar-refractivity contribution < 1.29 is 14.3 Å². The Hall–Kier alpha value is -2.24. The van der Waals surface area contributed by atoms with E-state index in [9.17, 15) is 9.59 Å². The molecule has 1 aromatic rings. The lowest BCUT2D eigenvalue weighted by Crippen LogP contribution is -2.47. The molecule has 0 bridgehead atoms. The van der Waals surface area contributed by atoms with E-state index in [2.05, 4.69) is 16.3 Å². The Labute approximate surface area is 167 Å². The number of carbonyl (C=O) groups is 2. The van der Waals surface area contributed by atoms with Crippen LogP contribution in [0.1, 0.15) is 44.9 Å². The average molecular weight is 386 g/mol. The summed E-state index contributed by atoms with van der Waals surface area (Å²) in [6, 6.07) is 8.63. The van der Waals surface area contributed by atoms with Crippen LogP contribution in [0.25, 0.3) is 0 Å². The minimum atomic E-state index is -0.180. The standard InChI is InChI=1S/C22H31N3O3/c1-28-20-9-5-4-8-19(20)24-12-10-17(11-13-24)23-22(27)16-14-21(26)25(15-16)18-6-2-3-7-18/h4-5,8-9,16-18H,2-3,6-7,10-15H2,1H3,(H,23,27). The van der Waals surface area contributed by atoms with Gasteiger partial charge in [-0.2, -0.15) is 0 Å². The van der Waals surface area contributed by atoms with E-state index in [4.69, 9.17) is 4.74 Å². The van der Waals surface area contributed by atoms with Gasteiger partial charge in [-0.3, -0.25) is 9.59 Å². The van der Waals surface area contributed by atoms with Crippen molar-refractivity contribution in [3.63, 3.8) is 0 Å². The molecule has 1 unspecified atom stereocenters. The number of carbonyl (C=O) groups excluding carboxylic acids is 2. The smallest absolute Gasteiger partial charge is 0.225 e. The maximum Gasteiger partial charge on any atom is 0.225 e. The zero-order valence-corrected chi connectivity index (χ0v) is 16.7. The topological polar surface area (TPSA) is 61.9 Å². The Kier molecular flexibility index (Phi) is 5.74. The lowest BCUT2D eigenvalue weighted by Gasteiger charge is -2.35. The molecule has 1 atom stereocenters. The van der Waals surface area contributed by atoms with E-state index < -0.39 is 0 Å². The van der Waals surface area contributed by atoms with Gasteiger partial charge in [0.05, 0.1) is 18.7 Å². The van der Waals surface area contributed by atoms with Crippen LogP contribution in [-0.2, 0) is 9.59 Å². The van der Waals surface area contributed by atoms with Crippen LogP contribution in [0.15, 0.2) is 24.3 Å². The maximum atomic E-state index is 12.7. The first kappa shape index (κ1) is 19.1. The van der Waals surface area contributed by atoms with E-state index in [-0.39, 0.29) is 23.8 Å². The summed E-state index contributed by atoms with van der Waals surface area (Å²) in [4.78, 5) is 29.4. The minimum Gasteiger partial charge on any atom is -0.495 e. The highest BCUT2D eigenvalue weighted by atomic mass is 16.5. The number of piperidine rings is 1. The number of anilines is 1. The zero-order valence-electron chi connectivity index (χ0n) is 16.7. The van der Waals surface area contributed by atoms with Gasteiger partial charge in [-0.15, -0.1) is 0 Å². The van der Waals surface area contributed by atoms with Crippen molar-refractivity contribution in [1.29, 1.82) is 0 Å². The van der Waals surface area contributed by atoms with Crippen LogP contribution in [0.3, 0.4) is 0 Å². The molecule has 3 fully saturated rings. The Morgan fingerprint density at radius 1 is 1.11 bits per heavy atom. The second-order valence-electron chi connectivity index (χ2n) is 8.33. The molecule has 0 aromatic heterocycles. The van der Waals surface area contributed by atoms with Gasteiger partial charge >= 0.3 is 0 Å². The molecule has 1 aromatic carbocycles. The van der Waals surface area contributed by atoms with Gasteiger partial charge in [-0.05, 0) is 37.8 Å². The summed E-state index contributed by atoms with van der Waals surface area (Å²) < 4.78 is 5.47. The summed E-state index contributed by atoms with van der Waals surface area (Å²) >= 11 is 0. The number of methoxy groups -OCH3 is 1. The normalized spacial score (nSPS) is 24.0. The second-order valence-corrected chi connectivity index (χ2v) is 8.33. The molecular formula is C22H31N3O3. The van der Waals surface area contributed by atoms with Crippen LogP contribution < -0.4 is 15.0 Å². The lowest BCUT2D eigenvalue weighted by atomic mass is 10.0. The van der Waals surface area contributed by atoms with E-state index >= 15 is 0 Å². The SMILES string of the molecule is COc1ccccc1N1CCC(NC(=O)C2CC(=O)N(C3CCCC3)C2)CC1. The monoisotopic (exact) mass is 385 g/mol. The summed E-state index contributed by atoms with van der Waals surface area (Å²) in [5, 5.41) is 3.22. The van der Waals surface area contributed by atoms with Gasteiger partial charge in [0, 0.05) is 38.1 Å². The largest absolute Gasteiger partial charge is 0.495 e. The maximum absolute atomic E-state index is 12.7. The Balaban J connectivity index is 1.28. The zero-order chi connectivity index (χ0) is 19.5. The molecule has 2 saturated heterocycles. The molecule has 1 N–H and O–H groups in total. The van der Waals surface area contributed by atoms with Crippen molar-refractivity contribution in [2.75, 3.05) is 31.6 Å². The van der Waals surface area contributed by atoms with Crippen LogP contribution in [0, 0.1) is 5.92 Å².